The first kappa shape index (κ1) is 12.2. The highest BCUT2D eigenvalue weighted by Gasteiger charge is 2.28. The van der Waals surface area contributed by atoms with Crippen LogP contribution < -0.4 is 5.32 Å². The van der Waals surface area contributed by atoms with E-state index in [4.69, 9.17) is 0 Å². The predicted octanol–water partition coefficient (Wildman–Crippen LogP) is 3.66. The molecule has 5 heteroatoms. The molecule has 0 saturated heterocycles. The summed E-state index contributed by atoms with van der Waals surface area (Å²) in [6, 6.07) is 10.2. The quantitative estimate of drug-likeness (QED) is 0.936. The summed E-state index contributed by atoms with van der Waals surface area (Å²) in [5.41, 5.74) is 1.85. The number of hydrogen-bond donors (Lipinski definition) is 1. The minimum Gasteiger partial charge on any atom is -0.364 e. The van der Waals surface area contributed by atoms with E-state index < -0.39 is 0 Å². The molecule has 1 fully saturated rings. The Bertz CT molecular complexity index is 624. The molecule has 1 N–H and O–H groups in total. The van der Waals surface area contributed by atoms with Crippen molar-refractivity contribution in [2.45, 2.75) is 24.9 Å². The maximum atomic E-state index is 9.41. The summed E-state index contributed by atoms with van der Waals surface area (Å²) in [4.78, 5) is 4.18. The Morgan fingerprint density at radius 1 is 1.42 bits per heavy atom. The van der Waals surface area contributed by atoms with Crippen LogP contribution in [0.3, 0.4) is 0 Å². The number of anilines is 1. The number of benzene rings is 1. The van der Waals surface area contributed by atoms with Gasteiger partial charge in [-0.3, -0.25) is 0 Å². The highest BCUT2D eigenvalue weighted by Crippen LogP contribution is 2.37. The Hall–Kier alpha value is -1.80. The minimum absolute atomic E-state index is 0.387. The predicted molar refractivity (Wildman–Crippen MR) is 76.6 cm³/mol. The van der Waals surface area contributed by atoms with Gasteiger partial charge in [-0.2, -0.15) is 5.26 Å². The maximum absolute atomic E-state index is 9.41. The average Bonchev–Trinajstić information content (AvgIpc) is 3.16. The van der Waals surface area contributed by atoms with Crippen molar-refractivity contribution < 1.29 is 0 Å². The van der Waals surface area contributed by atoms with Gasteiger partial charge in [-0.05, 0) is 40.9 Å². The Morgan fingerprint density at radius 2 is 2.21 bits per heavy atom. The Labute approximate surface area is 120 Å². The molecule has 0 radical (unpaired) electrons. The first-order valence-corrected chi connectivity index (χ1v) is 7.01. The third kappa shape index (κ3) is 2.49. The van der Waals surface area contributed by atoms with Crippen LogP contribution in [0.1, 0.15) is 30.6 Å². The van der Waals surface area contributed by atoms with Gasteiger partial charge in [0.1, 0.15) is 0 Å². The van der Waals surface area contributed by atoms with Crippen molar-refractivity contribution in [2.24, 2.45) is 0 Å². The van der Waals surface area contributed by atoms with Gasteiger partial charge in [-0.25, -0.2) is 4.98 Å². The van der Waals surface area contributed by atoms with Crippen LogP contribution in [0.15, 0.2) is 41.3 Å². The first-order valence-electron chi connectivity index (χ1n) is 6.22. The monoisotopic (exact) mass is 316 g/mol. The Morgan fingerprint density at radius 3 is 2.89 bits per heavy atom. The van der Waals surface area contributed by atoms with E-state index >= 15 is 0 Å². The molecule has 1 aromatic carbocycles. The number of aromatic nitrogens is 2. The van der Waals surface area contributed by atoms with Gasteiger partial charge in [0.25, 0.3) is 0 Å². The van der Waals surface area contributed by atoms with Crippen LogP contribution in [-0.2, 0) is 0 Å². The second kappa shape index (κ2) is 5.06. The van der Waals surface area contributed by atoms with Gasteiger partial charge in [-0.15, -0.1) is 0 Å². The van der Waals surface area contributed by atoms with Gasteiger partial charge in [0.05, 0.1) is 24.3 Å². The smallest absolute Gasteiger partial charge is 0.156 e. The third-order valence-corrected chi connectivity index (χ3v) is 3.93. The fourth-order valence-electron chi connectivity index (χ4n) is 2.10. The van der Waals surface area contributed by atoms with Crippen LogP contribution in [0.5, 0.6) is 0 Å². The van der Waals surface area contributed by atoms with Crippen molar-refractivity contribution in [3.05, 3.63) is 47.0 Å². The molecule has 1 atom stereocenters. The highest BCUT2D eigenvalue weighted by atomic mass is 79.9. The van der Waals surface area contributed by atoms with Crippen LogP contribution >= 0.6 is 15.9 Å². The lowest BCUT2D eigenvalue weighted by atomic mass is 10.2. The molecule has 0 bridgehead atoms. The number of halogens is 1. The van der Waals surface area contributed by atoms with Crippen molar-refractivity contribution in [1.82, 2.24) is 9.55 Å². The molecule has 0 amide bonds. The van der Waals surface area contributed by atoms with Crippen molar-refractivity contribution >= 4 is 21.6 Å². The first-order chi connectivity index (χ1) is 9.29. The number of imidazole rings is 1. The van der Waals surface area contributed by atoms with E-state index in [1.165, 1.54) is 12.8 Å². The maximum Gasteiger partial charge on any atom is 0.156 e. The third-order valence-electron chi connectivity index (χ3n) is 3.23. The molecule has 1 heterocycles. The van der Waals surface area contributed by atoms with Crippen LogP contribution in [0.2, 0.25) is 0 Å². The van der Waals surface area contributed by atoms with Crippen molar-refractivity contribution in [3.8, 4) is 6.07 Å². The van der Waals surface area contributed by atoms with E-state index in [1.807, 2.05) is 30.6 Å². The number of nitrogens with one attached hydrogen (secondary N) is 1. The van der Waals surface area contributed by atoms with Crippen LogP contribution in [-0.4, -0.2) is 9.55 Å². The lowest BCUT2D eigenvalue weighted by Gasteiger charge is -2.16. The molecule has 1 aliphatic rings. The van der Waals surface area contributed by atoms with Gasteiger partial charge in [0.2, 0.25) is 0 Å². The van der Waals surface area contributed by atoms with E-state index in [0.717, 1.165) is 15.9 Å². The number of para-hydroxylation sites is 1. The SMILES string of the molecule is N#CC(Nc1ccccc1Br)c1cncn1C1CC1. The zero-order chi connectivity index (χ0) is 13.2. The molecule has 19 heavy (non-hydrogen) atoms. The molecule has 4 nitrogen and oxygen atoms in total. The van der Waals surface area contributed by atoms with Crippen LogP contribution in [0.25, 0.3) is 0 Å². The summed E-state index contributed by atoms with van der Waals surface area (Å²) in [7, 11) is 0. The zero-order valence-corrected chi connectivity index (χ0v) is 11.8. The second-order valence-electron chi connectivity index (χ2n) is 4.64. The van der Waals surface area contributed by atoms with Crippen molar-refractivity contribution in [2.75, 3.05) is 5.32 Å². The standard InChI is InChI=1S/C14H13BrN4/c15-11-3-1-2-4-12(11)18-13(7-16)14-8-17-9-19(14)10-5-6-10/h1-4,8-10,13,18H,5-6H2. The lowest BCUT2D eigenvalue weighted by Crippen LogP contribution is -2.13. The molecular formula is C14H13BrN4. The van der Waals surface area contributed by atoms with Gasteiger partial charge in [0.15, 0.2) is 6.04 Å². The van der Waals surface area contributed by atoms with Crippen molar-refractivity contribution in [3.63, 3.8) is 0 Å². The number of hydrogen-bond acceptors (Lipinski definition) is 3. The summed E-state index contributed by atoms with van der Waals surface area (Å²) in [6.45, 7) is 0. The Balaban J connectivity index is 1.87. The zero-order valence-electron chi connectivity index (χ0n) is 10.3. The summed E-state index contributed by atoms with van der Waals surface area (Å²) >= 11 is 3.48. The molecule has 2 aromatic rings. The normalized spacial score (nSPS) is 15.8. The Kier molecular flexibility index (Phi) is 3.26. The van der Waals surface area contributed by atoms with Gasteiger partial charge in [-0.1, -0.05) is 12.1 Å². The minimum atomic E-state index is -0.387. The van der Waals surface area contributed by atoms with E-state index in [1.54, 1.807) is 6.20 Å². The molecule has 0 aliphatic heterocycles. The summed E-state index contributed by atoms with van der Waals surface area (Å²) < 4.78 is 3.06. The van der Waals surface area contributed by atoms with E-state index in [9.17, 15) is 5.26 Å². The van der Waals surface area contributed by atoms with E-state index in [0.29, 0.717) is 6.04 Å². The molecular weight excluding hydrogens is 304 g/mol. The molecule has 1 saturated carbocycles. The number of nitrogens with zero attached hydrogens (tertiary/aromatic N) is 3. The molecule has 0 spiro atoms. The summed E-state index contributed by atoms with van der Waals surface area (Å²) in [6.07, 6.45) is 5.95. The number of nitriles is 1. The fraction of sp³-hybridized carbons (Fsp3) is 0.286. The lowest BCUT2D eigenvalue weighted by molar-refractivity contribution is 0.684. The molecule has 1 aromatic heterocycles. The average molecular weight is 317 g/mol. The van der Waals surface area contributed by atoms with E-state index in [-0.39, 0.29) is 6.04 Å². The van der Waals surface area contributed by atoms with Crippen LogP contribution in [0, 0.1) is 11.3 Å². The topological polar surface area (TPSA) is 53.6 Å². The van der Waals surface area contributed by atoms with E-state index in [2.05, 4.69) is 36.9 Å². The molecule has 1 unspecified atom stereocenters. The fourth-order valence-corrected chi connectivity index (χ4v) is 2.50. The van der Waals surface area contributed by atoms with Crippen LogP contribution in [0.4, 0.5) is 5.69 Å². The molecule has 1 aliphatic carbocycles. The second-order valence-corrected chi connectivity index (χ2v) is 5.50. The highest BCUT2D eigenvalue weighted by molar-refractivity contribution is 9.10. The van der Waals surface area contributed by atoms with Gasteiger partial charge >= 0.3 is 0 Å². The van der Waals surface area contributed by atoms with Gasteiger partial charge in [0, 0.05) is 16.2 Å². The number of rotatable bonds is 4. The summed E-state index contributed by atoms with van der Waals surface area (Å²) in [5.74, 6) is 0. The van der Waals surface area contributed by atoms with Gasteiger partial charge < -0.3 is 9.88 Å². The summed E-state index contributed by atoms with van der Waals surface area (Å²) in [5, 5.41) is 12.7. The largest absolute Gasteiger partial charge is 0.364 e. The molecule has 96 valence electrons. The van der Waals surface area contributed by atoms with Crippen molar-refractivity contribution in [1.29, 1.82) is 5.26 Å². The molecule has 3 rings (SSSR count).